The predicted octanol–water partition coefficient (Wildman–Crippen LogP) is 2.09. The number of para-hydroxylation sites is 1. The highest BCUT2D eigenvalue weighted by atomic mass is 16.5. The Morgan fingerprint density at radius 1 is 1.28 bits per heavy atom. The SMILES string of the molecule is CC(NC(=O)NCc1nnc2ccccn12)C1COc2ccccc21. The Labute approximate surface area is 145 Å². The first-order chi connectivity index (χ1) is 12.2. The van der Waals surface area contributed by atoms with Crippen LogP contribution in [0.4, 0.5) is 4.79 Å². The number of ether oxygens (including phenoxy) is 1. The van der Waals surface area contributed by atoms with Gasteiger partial charge in [-0.2, -0.15) is 0 Å². The Hall–Kier alpha value is -3.09. The molecule has 1 aliphatic rings. The van der Waals surface area contributed by atoms with Crippen molar-refractivity contribution in [1.29, 1.82) is 0 Å². The molecule has 0 bridgehead atoms. The Morgan fingerprint density at radius 3 is 3.04 bits per heavy atom. The molecule has 1 aliphatic heterocycles. The van der Waals surface area contributed by atoms with Gasteiger partial charge in [0.1, 0.15) is 5.75 Å². The van der Waals surface area contributed by atoms with E-state index in [0.29, 0.717) is 19.0 Å². The van der Waals surface area contributed by atoms with Gasteiger partial charge in [0.2, 0.25) is 0 Å². The summed E-state index contributed by atoms with van der Waals surface area (Å²) in [5.41, 5.74) is 1.89. The van der Waals surface area contributed by atoms with Crippen molar-refractivity contribution in [3.05, 3.63) is 60.0 Å². The molecule has 0 fully saturated rings. The largest absolute Gasteiger partial charge is 0.493 e. The summed E-state index contributed by atoms with van der Waals surface area (Å²) in [6, 6.07) is 13.3. The third-order valence-corrected chi connectivity index (χ3v) is 4.49. The summed E-state index contributed by atoms with van der Waals surface area (Å²) in [4.78, 5) is 12.2. The molecular weight excluding hydrogens is 318 g/mol. The normalized spacial score (nSPS) is 16.9. The van der Waals surface area contributed by atoms with Gasteiger partial charge in [-0.15, -0.1) is 10.2 Å². The van der Waals surface area contributed by atoms with Crippen LogP contribution in [0.15, 0.2) is 48.7 Å². The van der Waals surface area contributed by atoms with Crippen LogP contribution in [-0.4, -0.2) is 33.3 Å². The molecule has 128 valence electrons. The summed E-state index contributed by atoms with van der Waals surface area (Å²) in [5.74, 6) is 1.74. The van der Waals surface area contributed by atoms with Gasteiger partial charge >= 0.3 is 6.03 Å². The van der Waals surface area contributed by atoms with Crippen LogP contribution in [0.3, 0.4) is 0 Å². The van der Waals surface area contributed by atoms with E-state index in [1.165, 1.54) is 0 Å². The van der Waals surface area contributed by atoms with Crippen molar-refractivity contribution < 1.29 is 9.53 Å². The van der Waals surface area contributed by atoms with E-state index in [1.807, 2.05) is 60.0 Å². The highest BCUT2D eigenvalue weighted by molar-refractivity contribution is 5.74. The van der Waals surface area contributed by atoms with Gasteiger partial charge in [-0.1, -0.05) is 24.3 Å². The van der Waals surface area contributed by atoms with E-state index in [9.17, 15) is 4.79 Å². The molecule has 7 heteroatoms. The Bertz CT molecular complexity index is 907. The molecule has 0 aliphatic carbocycles. The molecule has 7 nitrogen and oxygen atoms in total. The second-order valence-corrected chi connectivity index (χ2v) is 6.12. The lowest BCUT2D eigenvalue weighted by atomic mass is 9.94. The van der Waals surface area contributed by atoms with Crippen molar-refractivity contribution in [2.45, 2.75) is 25.4 Å². The van der Waals surface area contributed by atoms with Crippen molar-refractivity contribution >= 4 is 11.7 Å². The van der Waals surface area contributed by atoms with E-state index >= 15 is 0 Å². The van der Waals surface area contributed by atoms with Crippen LogP contribution in [0.1, 0.15) is 24.2 Å². The number of rotatable bonds is 4. The predicted molar refractivity (Wildman–Crippen MR) is 92.5 cm³/mol. The molecule has 2 atom stereocenters. The van der Waals surface area contributed by atoms with Crippen molar-refractivity contribution in [3.63, 3.8) is 0 Å². The second kappa shape index (κ2) is 6.43. The number of fused-ring (bicyclic) bond motifs is 2. The Morgan fingerprint density at radius 2 is 2.12 bits per heavy atom. The van der Waals surface area contributed by atoms with Gasteiger partial charge in [0.25, 0.3) is 0 Å². The molecule has 0 spiro atoms. The van der Waals surface area contributed by atoms with Gasteiger partial charge in [0.05, 0.1) is 13.2 Å². The first-order valence-corrected chi connectivity index (χ1v) is 8.27. The lowest BCUT2D eigenvalue weighted by Gasteiger charge is -2.20. The van der Waals surface area contributed by atoms with Crippen LogP contribution < -0.4 is 15.4 Å². The van der Waals surface area contributed by atoms with Crippen LogP contribution in [0.2, 0.25) is 0 Å². The summed E-state index contributed by atoms with van der Waals surface area (Å²) < 4.78 is 7.54. The van der Waals surface area contributed by atoms with Crippen LogP contribution in [0.5, 0.6) is 5.75 Å². The zero-order valence-corrected chi connectivity index (χ0v) is 13.8. The fraction of sp³-hybridized carbons (Fsp3) is 0.278. The monoisotopic (exact) mass is 337 g/mol. The van der Waals surface area contributed by atoms with E-state index in [4.69, 9.17) is 4.74 Å². The lowest BCUT2D eigenvalue weighted by molar-refractivity contribution is 0.232. The fourth-order valence-electron chi connectivity index (χ4n) is 3.13. The summed E-state index contributed by atoms with van der Waals surface area (Å²) in [6.07, 6.45) is 1.87. The molecular formula is C18H19N5O2. The molecule has 0 radical (unpaired) electrons. The zero-order chi connectivity index (χ0) is 17.2. The number of urea groups is 1. The van der Waals surface area contributed by atoms with Gasteiger partial charge < -0.3 is 15.4 Å². The molecule has 2 aromatic heterocycles. The number of carbonyl (C=O) groups is 1. The average Bonchev–Trinajstić information content (AvgIpc) is 3.24. The van der Waals surface area contributed by atoms with Crippen LogP contribution >= 0.6 is 0 Å². The van der Waals surface area contributed by atoms with Gasteiger partial charge in [-0.05, 0) is 25.1 Å². The number of hydrogen-bond donors (Lipinski definition) is 2. The zero-order valence-electron chi connectivity index (χ0n) is 13.8. The number of hydrogen-bond acceptors (Lipinski definition) is 4. The number of nitrogens with one attached hydrogen (secondary N) is 2. The van der Waals surface area contributed by atoms with E-state index in [0.717, 1.165) is 17.0 Å². The number of carbonyl (C=O) groups excluding carboxylic acids is 1. The van der Waals surface area contributed by atoms with E-state index in [-0.39, 0.29) is 18.0 Å². The van der Waals surface area contributed by atoms with Crippen molar-refractivity contribution in [1.82, 2.24) is 25.2 Å². The molecule has 25 heavy (non-hydrogen) atoms. The molecule has 0 saturated carbocycles. The van der Waals surface area contributed by atoms with Crippen molar-refractivity contribution in [2.75, 3.05) is 6.61 Å². The second-order valence-electron chi connectivity index (χ2n) is 6.12. The summed E-state index contributed by atoms with van der Waals surface area (Å²) >= 11 is 0. The third-order valence-electron chi connectivity index (χ3n) is 4.49. The topological polar surface area (TPSA) is 80.5 Å². The van der Waals surface area contributed by atoms with Crippen LogP contribution in [0.25, 0.3) is 5.65 Å². The lowest BCUT2D eigenvalue weighted by Crippen LogP contribution is -2.43. The highest BCUT2D eigenvalue weighted by Crippen LogP contribution is 2.35. The smallest absolute Gasteiger partial charge is 0.315 e. The fourth-order valence-corrected chi connectivity index (χ4v) is 3.13. The van der Waals surface area contributed by atoms with Gasteiger partial charge in [0, 0.05) is 23.7 Å². The molecule has 2 amide bonds. The number of aromatic nitrogens is 3. The average molecular weight is 337 g/mol. The minimum atomic E-state index is -0.232. The minimum absolute atomic E-state index is 0.0428. The molecule has 2 unspecified atom stereocenters. The molecule has 2 N–H and O–H groups in total. The molecule has 3 aromatic rings. The van der Waals surface area contributed by atoms with E-state index < -0.39 is 0 Å². The Balaban J connectivity index is 1.36. The summed E-state index contributed by atoms with van der Waals surface area (Å²) in [5, 5.41) is 14.0. The first kappa shape index (κ1) is 15.4. The summed E-state index contributed by atoms with van der Waals surface area (Å²) in [7, 11) is 0. The molecule has 0 saturated heterocycles. The number of nitrogens with zero attached hydrogens (tertiary/aromatic N) is 3. The maximum atomic E-state index is 12.2. The van der Waals surface area contributed by atoms with Crippen LogP contribution in [0, 0.1) is 0 Å². The standard InChI is InChI=1S/C18H19N5O2/c1-12(14-11-25-15-7-3-2-6-13(14)15)20-18(24)19-10-17-22-21-16-8-4-5-9-23(16)17/h2-9,12,14H,10-11H2,1H3,(H2,19,20,24). The Kier molecular flexibility index (Phi) is 3.97. The number of amides is 2. The number of pyridine rings is 1. The quantitative estimate of drug-likeness (QED) is 0.764. The van der Waals surface area contributed by atoms with Gasteiger partial charge in [-0.3, -0.25) is 4.40 Å². The van der Waals surface area contributed by atoms with Gasteiger partial charge in [0.15, 0.2) is 11.5 Å². The maximum Gasteiger partial charge on any atom is 0.315 e. The molecule has 3 heterocycles. The number of benzene rings is 1. The van der Waals surface area contributed by atoms with Crippen molar-refractivity contribution in [2.24, 2.45) is 0 Å². The van der Waals surface area contributed by atoms with Crippen molar-refractivity contribution in [3.8, 4) is 5.75 Å². The molecule has 4 rings (SSSR count). The maximum absolute atomic E-state index is 12.2. The van der Waals surface area contributed by atoms with E-state index in [2.05, 4.69) is 20.8 Å². The summed E-state index contributed by atoms with van der Waals surface area (Å²) in [6.45, 7) is 2.87. The first-order valence-electron chi connectivity index (χ1n) is 8.27. The van der Waals surface area contributed by atoms with E-state index in [1.54, 1.807) is 0 Å². The minimum Gasteiger partial charge on any atom is -0.493 e. The van der Waals surface area contributed by atoms with Gasteiger partial charge in [-0.25, -0.2) is 4.79 Å². The third kappa shape index (κ3) is 3.00. The van der Waals surface area contributed by atoms with Crippen LogP contribution in [-0.2, 0) is 6.54 Å². The molecule has 1 aromatic carbocycles. The highest BCUT2D eigenvalue weighted by Gasteiger charge is 2.29.